The van der Waals surface area contributed by atoms with Crippen LogP contribution < -0.4 is 10.6 Å². The largest absolute Gasteiger partial charge is 0.382 e. The number of nitrogens with one attached hydrogen (secondary N) is 2. The van der Waals surface area contributed by atoms with E-state index in [1.165, 1.54) is 18.4 Å². The van der Waals surface area contributed by atoms with E-state index in [2.05, 4.69) is 10.6 Å². The second-order valence-corrected chi connectivity index (χ2v) is 8.17. The lowest BCUT2D eigenvalue weighted by molar-refractivity contribution is 0.479. The topological polar surface area (TPSA) is 58.2 Å². The molecular weight excluding hydrogens is 327 g/mol. The quantitative estimate of drug-likeness (QED) is 0.892. The van der Waals surface area contributed by atoms with Gasteiger partial charge in [-0.2, -0.15) is 0 Å². The lowest BCUT2D eigenvalue weighted by Crippen LogP contribution is -2.35. The first-order valence-electron chi connectivity index (χ1n) is 8.01. The van der Waals surface area contributed by atoms with Crippen LogP contribution in [0.25, 0.3) is 11.1 Å². The van der Waals surface area contributed by atoms with Crippen molar-refractivity contribution in [2.75, 3.05) is 24.7 Å². The van der Waals surface area contributed by atoms with Crippen LogP contribution in [0, 0.1) is 5.82 Å². The predicted octanol–water partition coefficient (Wildman–Crippen LogP) is 3.06. The molecule has 128 valence electrons. The van der Waals surface area contributed by atoms with Crippen molar-refractivity contribution >= 4 is 15.5 Å². The van der Waals surface area contributed by atoms with Gasteiger partial charge in [-0.1, -0.05) is 12.1 Å². The first-order valence-corrected chi connectivity index (χ1v) is 9.90. The van der Waals surface area contributed by atoms with Crippen molar-refractivity contribution < 1.29 is 12.8 Å². The fourth-order valence-electron chi connectivity index (χ4n) is 2.96. The number of sulfone groups is 1. The SMILES string of the molecule is CS(=O)(=O)c1ccc(-c2ccc(F)cc2NC2CCNCC2)cc1. The summed E-state index contributed by atoms with van der Waals surface area (Å²) >= 11 is 0. The highest BCUT2D eigenvalue weighted by Gasteiger charge is 2.16. The summed E-state index contributed by atoms with van der Waals surface area (Å²) in [5, 5.41) is 6.74. The number of rotatable bonds is 4. The van der Waals surface area contributed by atoms with Crippen molar-refractivity contribution in [3.8, 4) is 11.1 Å². The number of benzene rings is 2. The maximum absolute atomic E-state index is 13.7. The van der Waals surface area contributed by atoms with Gasteiger partial charge < -0.3 is 10.6 Å². The molecule has 0 saturated carbocycles. The zero-order valence-electron chi connectivity index (χ0n) is 13.5. The molecule has 2 N–H and O–H groups in total. The van der Waals surface area contributed by atoms with Gasteiger partial charge in [-0.05, 0) is 61.8 Å². The highest BCUT2D eigenvalue weighted by Crippen LogP contribution is 2.31. The molecule has 0 amide bonds. The Balaban J connectivity index is 1.92. The van der Waals surface area contributed by atoms with Crippen LogP contribution in [0.1, 0.15) is 12.8 Å². The molecule has 4 nitrogen and oxygen atoms in total. The molecule has 0 aliphatic carbocycles. The number of halogens is 1. The molecule has 1 aliphatic rings. The number of hydrogen-bond acceptors (Lipinski definition) is 4. The van der Waals surface area contributed by atoms with Crippen LogP contribution in [0.2, 0.25) is 0 Å². The normalized spacial score (nSPS) is 16.1. The maximum Gasteiger partial charge on any atom is 0.175 e. The first-order chi connectivity index (χ1) is 11.4. The third-order valence-corrected chi connectivity index (χ3v) is 5.40. The fraction of sp³-hybridized carbons (Fsp3) is 0.333. The maximum atomic E-state index is 13.7. The zero-order valence-corrected chi connectivity index (χ0v) is 14.4. The van der Waals surface area contributed by atoms with Crippen molar-refractivity contribution in [3.63, 3.8) is 0 Å². The van der Waals surface area contributed by atoms with Gasteiger partial charge in [0.2, 0.25) is 0 Å². The third kappa shape index (κ3) is 3.94. The van der Waals surface area contributed by atoms with Crippen LogP contribution in [-0.2, 0) is 9.84 Å². The molecule has 1 heterocycles. The number of anilines is 1. The Morgan fingerprint density at radius 3 is 2.38 bits per heavy atom. The van der Waals surface area contributed by atoms with Crippen LogP contribution in [-0.4, -0.2) is 33.8 Å². The highest BCUT2D eigenvalue weighted by molar-refractivity contribution is 7.90. The molecule has 1 fully saturated rings. The van der Waals surface area contributed by atoms with Crippen LogP contribution >= 0.6 is 0 Å². The van der Waals surface area contributed by atoms with Crippen LogP contribution in [0.3, 0.4) is 0 Å². The average molecular weight is 348 g/mol. The van der Waals surface area contributed by atoms with Crippen LogP contribution in [0.5, 0.6) is 0 Å². The Kier molecular flexibility index (Phi) is 4.87. The van der Waals surface area contributed by atoms with Crippen molar-refractivity contribution in [2.45, 2.75) is 23.8 Å². The number of piperidine rings is 1. The minimum atomic E-state index is -3.22. The summed E-state index contributed by atoms with van der Waals surface area (Å²) in [6.07, 6.45) is 3.16. The van der Waals surface area contributed by atoms with E-state index < -0.39 is 9.84 Å². The first kappa shape index (κ1) is 16.9. The van der Waals surface area contributed by atoms with Crippen molar-refractivity contribution in [2.24, 2.45) is 0 Å². The Morgan fingerprint density at radius 2 is 1.75 bits per heavy atom. The second-order valence-electron chi connectivity index (χ2n) is 6.16. The van der Waals surface area contributed by atoms with E-state index in [1.54, 1.807) is 30.3 Å². The summed E-state index contributed by atoms with van der Waals surface area (Å²) in [7, 11) is -3.22. The van der Waals surface area contributed by atoms with Gasteiger partial charge >= 0.3 is 0 Å². The van der Waals surface area contributed by atoms with E-state index in [4.69, 9.17) is 0 Å². The molecule has 0 spiro atoms. The monoisotopic (exact) mass is 348 g/mol. The number of hydrogen-bond donors (Lipinski definition) is 2. The Bertz CT molecular complexity index is 813. The molecule has 24 heavy (non-hydrogen) atoms. The van der Waals surface area contributed by atoms with Gasteiger partial charge in [0.15, 0.2) is 9.84 Å². The molecule has 2 aromatic rings. The van der Waals surface area contributed by atoms with E-state index in [1.807, 2.05) is 0 Å². The Morgan fingerprint density at radius 1 is 1.08 bits per heavy atom. The third-order valence-electron chi connectivity index (χ3n) is 4.27. The zero-order chi connectivity index (χ0) is 17.2. The average Bonchev–Trinajstić information content (AvgIpc) is 2.55. The van der Waals surface area contributed by atoms with Gasteiger partial charge in [0.1, 0.15) is 5.82 Å². The molecule has 0 unspecified atom stereocenters. The standard InChI is InChI=1S/C18H21FN2O2S/c1-24(22,23)16-5-2-13(3-6-16)17-7-4-14(19)12-18(17)21-15-8-10-20-11-9-15/h2-7,12,15,20-21H,8-11H2,1H3. The molecule has 1 saturated heterocycles. The Labute approximate surface area is 142 Å². The minimum absolute atomic E-state index is 0.279. The fourth-order valence-corrected chi connectivity index (χ4v) is 3.59. The van der Waals surface area contributed by atoms with Crippen LogP contribution in [0.4, 0.5) is 10.1 Å². The van der Waals surface area contributed by atoms with Crippen molar-refractivity contribution in [1.82, 2.24) is 5.32 Å². The summed E-state index contributed by atoms with van der Waals surface area (Å²) in [5.74, 6) is -0.289. The van der Waals surface area contributed by atoms with Gasteiger partial charge in [-0.3, -0.25) is 0 Å². The summed E-state index contributed by atoms with van der Waals surface area (Å²) < 4.78 is 36.9. The Hall–Kier alpha value is -1.92. The molecule has 0 radical (unpaired) electrons. The summed E-state index contributed by atoms with van der Waals surface area (Å²) in [5.41, 5.74) is 2.47. The van der Waals surface area contributed by atoms with E-state index in [0.717, 1.165) is 42.7 Å². The van der Waals surface area contributed by atoms with E-state index >= 15 is 0 Å². The van der Waals surface area contributed by atoms with E-state index in [9.17, 15) is 12.8 Å². The highest BCUT2D eigenvalue weighted by atomic mass is 32.2. The van der Waals surface area contributed by atoms with Gasteiger partial charge in [0.25, 0.3) is 0 Å². The van der Waals surface area contributed by atoms with Crippen molar-refractivity contribution in [3.05, 3.63) is 48.3 Å². The molecule has 0 atom stereocenters. The smallest absolute Gasteiger partial charge is 0.175 e. The lowest BCUT2D eigenvalue weighted by Gasteiger charge is -2.26. The van der Waals surface area contributed by atoms with Crippen molar-refractivity contribution in [1.29, 1.82) is 0 Å². The minimum Gasteiger partial charge on any atom is -0.382 e. The molecule has 0 aromatic heterocycles. The molecule has 1 aliphatic heterocycles. The molecular formula is C18H21FN2O2S. The summed E-state index contributed by atoms with van der Waals surface area (Å²) in [6, 6.07) is 11.7. The summed E-state index contributed by atoms with van der Waals surface area (Å²) in [6.45, 7) is 1.90. The second kappa shape index (κ2) is 6.91. The van der Waals surface area contributed by atoms with E-state index in [0.29, 0.717) is 6.04 Å². The predicted molar refractivity (Wildman–Crippen MR) is 94.5 cm³/mol. The van der Waals surface area contributed by atoms with Crippen LogP contribution in [0.15, 0.2) is 47.4 Å². The molecule has 6 heteroatoms. The molecule has 2 aromatic carbocycles. The lowest BCUT2D eigenvalue weighted by atomic mass is 10.0. The molecule has 0 bridgehead atoms. The van der Waals surface area contributed by atoms with Gasteiger partial charge in [0.05, 0.1) is 4.90 Å². The molecule has 3 rings (SSSR count). The van der Waals surface area contributed by atoms with E-state index in [-0.39, 0.29) is 10.7 Å². The van der Waals surface area contributed by atoms with Gasteiger partial charge in [0, 0.05) is 23.5 Å². The van der Waals surface area contributed by atoms with Gasteiger partial charge in [-0.15, -0.1) is 0 Å². The summed E-state index contributed by atoms with van der Waals surface area (Å²) in [4.78, 5) is 0.279. The van der Waals surface area contributed by atoms with Gasteiger partial charge in [-0.25, -0.2) is 12.8 Å².